The van der Waals surface area contributed by atoms with Crippen LogP contribution in [0.1, 0.15) is 0 Å². The molecule has 3 nitrogen and oxygen atoms in total. The zero-order valence-electron chi connectivity index (χ0n) is 8.32. The SMILES string of the molecule is NCCS(=O)CCOc1ccc(Br)cc1. The minimum atomic E-state index is -0.857. The van der Waals surface area contributed by atoms with Crippen molar-refractivity contribution in [2.45, 2.75) is 0 Å². The zero-order chi connectivity index (χ0) is 11.1. The average Bonchev–Trinajstić information content (AvgIpc) is 2.21. The van der Waals surface area contributed by atoms with Crippen LogP contribution >= 0.6 is 15.9 Å². The summed E-state index contributed by atoms with van der Waals surface area (Å²) in [6.07, 6.45) is 0. The molecule has 0 aliphatic rings. The van der Waals surface area contributed by atoms with Gasteiger partial charge in [0.05, 0.1) is 12.4 Å². The quantitative estimate of drug-likeness (QED) is 0.865. The third-order valence-corrected chi connectivity index (χ3v) is 3.58. The van der Waals surface area contributed by atoms with Crippen molar-refractivity contribution in [1.29, 1.82) is 0 Å². The lowest BCUT2D eigenvalue weighted by atomic mass is 10.3. The number of nitrogens with two attached hydrogens (primary N) is 1. The average molecular weight is 292 g/mol. The van der Waals surface area contributed by atoms with Crippen LogP contribution in [0.15, 0.2) is 28.7 Å². The minimum absolute atomic E-state index is 0.463. The molecule has 0 saturated carbocycles. The van der Waals surface area contributed by atoms with Crippen LogP contribution in [0.5, 0.6) is 5.75 Å². The first-order chi connectivity index (χ1) is 7.22. The summed E-state index contributed by atoms with van der Waals surface area (Å²) in [5.74, 6) is 1.87. The van der Waals surface area contributed by atoms with Gasteiger partial charge in [0.15, 0.2) is 0 Å². The topological polar surface area (TPSA) is 52.3 Å². The number of hydrogen-bond donors (Lipinski definition) is 1. The summed E-state index contributed by atoms with van der Waals surface area (Å²) in [5, 5.41) is 0. The molecule has 0 aromatic heterocycles. The van der Waals surface area contributed by atoms with E-state index in [2.05, 4.69) is 15.9 Å². The van der Waals surface area contributed by atoms with E-state index in [1.165, 1.54) is 0 Å². The third-order valence-electron chi connectivity index (χ3n) is 1.74. The van der Waals surface area contributed by atoms with Gasteiger partial charge >= 0.3 is 0 Å². The molecule has 0 heterocycles. The Morgan fingerprint density at radius 2 is 1.93 bits per heavy atom. The van der Waals surface area contributed by atoms with E-state index in [4.69, 9.17) is 10.5 Å². The van der Waals surface area contributed by atoms with Gasteiger partial charge < -0.3 is 10.5 Å². The van der Waals surface area contributed by atoms with Crippen molar-refractivity contribution in [1.82, 2.24) is 0 Å². The highest BCUT2D eigenvalue weighted by molar-refractivity contribution is 9.10. The highest BCUT2D eigenvalue weighted by Crippen LogP contribution is 2.15. The lowest BCUT2D eigenvalue weighted by Gasteiger charge is -2.05. The molecule has 1 aromatic rings. The van der Waals surface area contributed by atoms with E-state index in [9.17, 15) is 4.21 Å². The van der Waals surface area contributed by atoms with Crippen LogP contribution in [0.25, 0.3) is 0 Å². The smallest absolute Gasteiger partial charge is 0.119 e. The lowest BCUT2D eigenvalue weighted by molar-refractivity contribution is 0.342. The van der Waals surface area contributed by atoms with Crippen molar-refractivity contribution in [3.05, 3.63) is 28.7 Å². The van der Waals surface area contributed by atoms with Crippen molar-refractivity contribution < 1.29 is 8.95 Å². The molecule has 1 rings (SSSR count). The molecule has 84 valence electrons. The Kier molecular flexibility index (Phi) is 5.90. The molecule has 0 saturated heterocycles. The molecule has 0 aliphatic heterocycles. The second-order valence-corrected chi connectivity index (χ2v) is 5.55. The first-order valence-corrected chi connectivity index (χ1v) is 6.94. The Hall–Kier alpha value is -0.390. The van der Waals surface area contributed by atoms with E-state index in [1.807, 2.05) is 24.3 Å². The van der Waals surface area contributed by atoms with Crippen LogP contribution in [-0.4, -0.2) is 28.9 Å². The number of hydrogen-bond acceptors (Lipinski definition) is 3. The predicted octanol–water partition coefficient (Wildman–Crippen LogP) is 1.54. The van der Waals surface area contributed by atoms with Crippen molar-refractivity contribution in [2.75, 3.05) is 24.7 Å². The molecule has 0 amide bonds. The molecule has 1 aromatic carbocycles. The van der Waals surface area contributed by atoms with Gasteiger partial charge in [-0.2, -0.15) is 0 Å². The van der Waals surface area contributed by atoms with Gasteiger partial charge in [0, 0.05) is 27.6 Å². The Labute approximate surface area is 101 Å². The fourth-order valence-corrected chi connectivity index (χ4v) is 2.02. The molecule has 0 spiro atoms. The first-order valence-electron chi connectivity index (χ1n) is 4.66. The Balaban J connectivity index is 2.26. The molecule has 5 heteroatoms. The highest BCUT2D eigenvalue weighted by Gasteiger charge is 1.99. The maximum atomic E-state index is 11.2. The molecule has 0 fully saturated rings. The molecule has 2 N–H and O–H groups in total. The van der Waals surface area contributed by atoms with Gasteiger partial charge in [0.2, 0.25) is 0 Å². The third kappa shape index (κ3) is 5.30. The normalized spacial score (nSPS) is 12.4. The van der Waals surface area contributed by atoms with Crippen LogP contribution in [-0.2, 0) is 10.8 Å². The fourth-order valence-electron chi connectivity index (χ4n) is 1.02. The Morgan fingerprint density at radius 1 is 1.27 bits per heavy atom. The van der Waals surface area contributed by atoms with Gasteiger partial charge in [-0.15, -0.1) is 0 Å². The lowest BCUT2D eigenvalue weighted by Crippen LogP contribution is -2.16. The molecular formula is C10H14BrNO2S. The van der Waals surface area contributed by atoms with Gasteiger partial charge in [0.25, 0.3) is 0 Å². The van der Waals surface area contributed by atoms with Gasteiger partial charge in [-0.3, -0.25) is 4.21 Å². The molecule has 1 unspecified atom stereocenters. The summed E-state index contributed by atoms with van der Waals surface area (Å²) in [6.45, 7) is 0.930. The molecular weight excluding hydrogens is 278 g/mol. The van der Waals surface area contributed by atoms with Crippen molar-refractivity contribution in [2.24, 2.45) is 5.73 Å². The number of halogens is 1. The van der Waals surface area contributed by atoms with Crippen LogP contribution in [0.3, 0.4) is 0 Å². The largest absolute Gasteiger partial charge is 0.493 e. The first kappa shape index (κ1) is 12.7. The standard InChI is InChI=1S/C10H14BrNO2S/c11-9-1-3-10(4-2-9)14-6-8-15(13)7-5-12/h1-4H,5-8,12H2. The minimum Gasteiger partial charge on any atom is -0.493 e. The van der Waals surface area contributed by atoms with Gasteiger partial charge in [-0.25, -0.2) is 0 Å². The molecule has 0 radical (unpaired) electrons. The molecule has 15 heavy (non-hydrogen) atoms. The van der Waals surface area contributed by atoms with E-state index in [1.54, 1.807) is 0 Å². The van der Waals surface area contributed by atoms with Gasteiger partial charge in [0.1, 0.15) is 5.75 Å². The predicted molar refractivity (Wildman–Crippen MR) is 66.6 cm³/mol. The van der Waals surface area contributed by atoms with Crippen molar-refractivity contribution >= 4 is 26.7 Å². The molecule has 0 aliphatic carbocycles. The summed E-state index contributed by atoms with van der Waals surface area (Å²) in [6, 6.07) is 7.56. The number of benzene rings is 1. The summed E-state index contributed by atoms with van der Waals surface area (Å²) in [4.78, 5) is 0. The van der Waals surface area contributed by atoms with E-state index >= 15 is 0 Å². The van der Waals surface area contributed by atoms with Crippen molar-refractivity contribution in [3.8, 4) is 5.75 Å². The maximum Gasteiger partial charge on any atom is 0.119 e. The fraction of sp³-hybridized carbons (Fsp3) is 0.400. The van der Waals surface area contributed by atoms with Crippen LogP contribution in [0.4, 0.5) is 0 Å². The second kappa shape index (κ2) is 6.98. The number of rotatable bonds is 6. The maximum absolute atomic E-state index is 11.2. The van der Waals surface area contributed by atoms with Crippen LogP contribution in [0.2, 0.25) is 0 Å². The van der Waals surface area contributed by atoms with Crippen molar-refractivity contribution in [3.63, 3.8) is 0 Å². The molecule has 0 bridgehead atoms. The van der Waals surface area contributed by atoms with E-state index in [-0.39, 0.29) is 0 Å². The summed E-state index contributed by atoms with van der Waals surface area (Å²) < 4.78 is 17.7. The van der Waals surface area contributed by atoms with Crippen LogP contribution in [0, 0.1) is 0 Å². The zero-order valence-corrected chi connectivity index (χ0v) is 10.7. The monoisotopic (exact) mass is 291 g/mol. The summed E-state index contributed by atoms with van der Waals surface area (Å²) in [5.41, 5.74) is 5.29. The van der Waals surface area contributed by atoms with Gasteiger partial charge in [-0.1, -0.05) is 15.9 Å². The van der Waals surface area contributed by atoms with E-state index in [0.717, 1.165) is 10.2 Å². The van der Waals surface area contributed by atoms with Crippen LogP contribution < -0.4 is 10.5 Å². The molecule has 1 atom stereocenters. The second-order valence-electron chi connectivity index (χ2n) is 2.94. The summed E-state index contributed by atoms with van der Waals surface area (Å²) >= 11 is 3.34. The Morgan fingerprint density at radius 3 is 2.53 bits per heavy atom. The van der Waals surface area contributed by atoms with E-state index < -0.39 is 10.8 Å². The summed E-state index contributed by atoms with van der Waals surface area (Å²) in [7, 11) is -0.857. The number of ether oxygens (including phenoxy) is 1. The van der Waals surface area contributed by atoms with E-state index in [0.29, 0.717) is 24.7 Å². The Bertz CT molecular complexity index is 316. The highest BCUT2D eigenvalue weighted by atomic mass is 79.9. The van der Waals surface area contributed by atoms with Gasteiger partial charge in [-0.05, 0) is 24.3 Å².